The molecule has 0 heterocycles. The minimum atomic E-state index is -1.06. The lowest BCUT2D eigenvalue weighted by molar-refractivity contribution is -0.149. The van der Waals surface area contributed by atoms with Crippen LogP contribution in [0, 0.1) is 5.82 Å². The maximum atomic E-state index is 13.0. The average Bonchev–Trinajstić information content (AvgIpc) is 2.83. The van der Waals surface area contributed by atoms with E-state index >= 15 is 0 Å². The van der Waals surface area contributed by atoms with Crippen LogP contribution in [0.2, 0.25) is 0 Å². The molecule has 0 fully saturated rings. The lowest BCUT2D eigenvalue weighted by atomic mass is 10.1. The van der Waals surface area contributed by atoms with E-state index in [0.29, 0.717) is 5.69 Å². The smallest absolute Gasteiger partial charge is 0.408 e. The molecule has 0 spiro atoms. The standard InChI is InChI=1S/C25H23FN2O5/c26-20-11-13-21(14-12-20)27-23(29)17-32-24(30)22(15-18-7-3-1-4-8-18)28-25(31)33-16-19-9-5-2-6-10-19/h1-14,22H,15-17H2,(H,27,29)(H,28,31)/t22-/m0/s1. The van der Waals surface area contributed by atoms with Gasteiger partial charge in [0.15, 0.2) is 6.61 Å². The molecule has 0 bridgehead atoms. The van der Waals surface area contributed by atoms with Crippen LogP contribution in [0.1, 0.15) is 11.1 Å². The van der Waals surface area contributed by atoms with Crippen LogP contribution in [0.5, 0.6) is 0 Å². The Bertz CT molecular complexity index is 1060. The summed E-state index contributed by atoms with van der Waals surface area (Å²) in [7, 11) is 0. The summed E-state index contributed by atoms with van der Waals surface area (Å²) < 4.78 is 23.3. The minimum Gasteiger partial charge on any atom is -0.454 e. The number of anilines is 1. The Morgan fingerprint density at radius 3 is 2.03 bits per heavy atom. The predicted octanol–water partition coefficient (Wildman–Crippen LogP) is 3.85. The summed E-state index contributed by atoms with van der Waals surface area (Å²) in [5, 5.41) is 5.00. The summed E-state index contributed by atoms with van der Waals surface area (Å²) in [6.07, 6.45) is -0.632. The SMILES string of the molecule is O=C(COC(=O)[C@H](Cc1ccccc1)NC(=O)OCc1ccccc1)Nc1ccc(F)cc1. The fourth-order valence-electron chi connectivity index (χ4n) is 2.92. The zero-order chi connectivity index (χ0) is 23.5. The van der Waals surface area contributed by atoms with Crippen molar-refractivity contribution in [1.29, 1.82) is 0 Å². The van der Waals surface area contributed by atoms with E-state index in [9.17, 15) is 18.8 Å². The highest BCUT2D eigenvalue weighted by Crippen LogP contribution is 2.09. The zero-order valence-electron chi connectivity index (χ0n) is 17.7. The van der Waals surface area contributed by atoms with Gasteiger partial charge in [0.2, 0.25) is 0 Å². The Kier molecular flexibility index (Phi) is 8.53. The Balaban J connectivity index is 1.56. The summed E-state index contributed by atoms with van der Waals surface area (Å²) in [6, 6.07) is 22.3. The molecular weight excluding hydrogens is 427 g/mol. The number of carbonyl (C=O) groups is 3. The van der Waals surface area contributed by atoms with Gasteiger partial charge in [0, 0.05) is 12.1 Å². The van der Waals surface area contributed by atoms with E-state index in [1.54, 1.807) is 12.1 Å². The summed E-state index contributed by atoms with van der Waals surface area (Å²) in [6.45, 7) is -0.526. The minimum absolute atomic E-state index is 0.0415. The van der Waals surface area contributed by atoms with E-state index < -0.39 is 36.4 Å². The molecule has 1 atom stereocenters. The van der Waals surface area contributed by atoms with Crippen LogP contribution in [0.15, 0.2) is 84.9 Å². The molecule has 33 heavy (non-hydrogen) atoms. The quantitative estimate of drug-likeness (QED) is 0.483. The van der Waals surface area contributed by atoms with Gasteiger partial charge in [-0.2, -0.15) is 0 Å². The monoisotopic (exact) mass is 450 g/mol. The number of carbonyl (C=O) groups excluding carboxylic acids is 3. The van der Waals surface area contributed by atoms with Crippen LogP contribution in [0.4, 0.5) is 14.9 Å². The number of hydrogen-bond donors (Lipinski definition) is 2. The number of ether oxygens (including phenoxy) is 2. The molecular formula is C25H23FN2O5. The maximum absolute atomic E-state index is 13.0. The van der Waals surface area contributed by atoms with E-state index in [-0.39, 0.29) is 13.0 Å². The van der Waals surface area contributed by atoms with Crippen LogP contribution in [0.25, 0.3) is 0 Å². The van der Waals surface area contributed by atoms with Gasteiger partial charge < -0.3 is 20.1 Å². The van der Waals surface area contributed by atoms with Crippen molar-refractivity contribution in [2.75, 3.05) is 11.9 Å². The van der Waals surface area contributed by atoms with Crippen molar-refractivity contribution in [1.82, 2.24) is 5.32 Å². The molecule has 8 heteroatoms. The molecule has 170 valence electrons. The van der Waals surface area contributed by atoms with Crippen molar-refractivity contribution in [2.24, 2.45) is 0 Å². The normalized spacial score (nSPS) is 11.2. The number of amides is 2. The zero-order valence-corrected chi connectivity index (χ0v) is 17.7. The third kappa shape index (κ3) is 8.10. The van der Waals surface area contributed by atoms with Crippen LogP contribution in [-0.4, -0.2) is 30.6 Å². The van der Waals surface area contributed by atoms with Gasteiger partial charge in [-0.1, -0.05) is 60.7 Å². The van der Waals surface area contributed by atoms with Gasteiger partial charge in [0.25, 0.3) is 5.91 Å². The number of rotatable bonds is 9. The first-order valence-electron chi connectivity index (χ1n) is 10.2. The molecule has 0 radical (unpaired) electrons. The van der Waals surface area contributed by atoms with Gasteiger partial charge in [0.1, 0.15) is 18.5 Å². The van der Waals surface area contributed by atoms with E-state index in [1.165, 1.54) is 24.3 Å². The molecule has 3 aromatic carbocycles. The van der Waals surface area contributed by atoms with E-state index in [1.807, 2.05) is 48.5 Å². The van der Waals surface area contributed by atoms with E-state index in [4.69, 9.17) is 9.47 Å². The summed E-state index contributed by atoms with van der Waals surface area (Å²) in [4.78, 5) is 37.0. The number of esters is 1. The molecule has 0 unspecified atom stereocenters. The number of benzene rings is 3. The molecule has 0 aliphatic rings. The second-order valence-electron chi connectivity index (χ2n) is 7.11. The number of halogens is 1. The van der Waals surface area contributed by atoms with Gasteiger partial charge in [0.05, 0.1) is 0 Å². The van der Waals surface area contributed by atoms with Crippen molar-refractivity contribution in [3.05, 3.63) is 102 Å². The number of hydrogen-bond acceptors (Lipinski definition) is 5. The topological polar surface area (TPSA) is 93.7 Å². The number of alkyl carbamates (subject to hydrolysis) is 1. The Morgan fingerprint density at radius 2 is 1.39 bits per heavy atom. The lowest BCUT2D eigenvalue weighted by Crippen LogP contribution is -2.44. The van der Waals surface area contributed by atoms with E-state index in [2.05, 4.69) is 10.6 Å². The predicted molar refractivity (Wildman–Crippen MR) is 120 cm³/mol. The van der Waals surface area contributed by atoms with Crippen LogP contribution in [-0.2, 0) is 32.1 Å². The van der Waals surface area contributed by atoms with Crippen molar-refractivity contribution in [2.45, 2.75) is 19.1 Å². The van der Waals surface area contributed by atoms with Gasteiger partial charge in [-0.25, -0.2) is 14.0 Å². The highest BCUT2D eigenvalue weighted by Gasteiger charge is 2.24. The van der Waals surface area contributed by atoms with Crippen molar-refractivity contribution >= 4 is 23.7 Å². The van der Waals surface area contributed by atoms with Gasteiger partial charge in [-0.3, -0.25) is 4.79 Å². The van der Waals surface area contributed by atoms with E-state index in [0.717, 1.165) is 11.1 Å². The number of nitrogens with one attached hydrogen (secondary N) is 2. The summed E-state index contributed by atoms with van der Waals surface area (Å²) >= 11 is 0. The maximum Gasteiger partial charge on any atom is 0.408 e. The lowest BCUT2D eigenvalue weighted by Gasteiger charge is -2.18. The fraction of sp³-hybridized carbons (Fsp3) is 0.160. The molecule has 0 aliphatic heterocycles. The Labute approximate surface area is 190 Å². The second-order valence-corrected chi connectivity index (χ2v) is 7.11. The summed E-state index contributed by atoms with van der Waals surface area (Å²) in [5.41, 5.74) is 1.95. The molecule has 2 amide bonds. The van der Waals surface area contributed by atoms with Crippen LogP contribution in [0.3, 0.4) is 0 Å². The second kappa shape index (κ2) is 12.0. The van der Waals surface area contributed by atoms with Crippen molar-refractivity contribution in [3.8, 4) is 0 Å². The molecule has 0 aromatic heterocycles. The largest absolute Gasteiger partial charge is 0.454 e. The first-order valence-corrected chi connectivity index (χ1v) is 10.2. The summed E-state index contributed by atoms with van der Waals surface area (Å²) in [5.74, 6) is -1.82. The fourth-order valence-corrected chi connectivity index (χ4v) is 2.92. The molecule has 2 N–H and O–H groups in total. The first kappa shape index (κ1) is 23.5. The molecule has 0 aliphatic carbocycles. The van der Waals surface area contributed by atoms with Gasteiger partial charge >= 0.3 is 12.1 Å². The third-order valence-corrected chi connectivity index (χ3v) is 4.55. The van der Waals surface area contributed by atoms with Crippen LogP contribution < -0.4 is 10.6 Å². The first-order chi connectivity index (χ1) is 16.0. The van der Waals surface area contributed by atoms with Crippen molar-refractivity contribution < 1.29 is 28.2 Å². The van der Waals surface area contributed by atoms with Gasteiger partial charge in [-0.05, 0) is 35.4 Å². The highest BCUT2D eigenvalue weighted by molar-refractivity contribution is 5.93. The average molecular weight is 450 g/mol. The molecule has 0 saturated heterocycles. The Hall–Kier alpha value is -4.20. The molecule has 3 aromatic rings. The van der Waals surface area contributed by atoms with Gasteiger partial charge in [-0.15, -0.1) is 0 Å². The Morgan fingerprint density at radius 1 is 0.788 bits per heavy atom. The van der Waals surface area contributed by atoms with Crippen molar-refractivity contribution in [3.63, 3.8) is 0 Å². The highest BCUT2D eigenvalue weighted by atomic mass is 19.1. The third-order valence-electron chi connectivity index (χ3n) is 4.55. The molecule has 3 rings (SSSR count). The van der Waals surface area contributed by atoms with Crippen LogP contribution >= 0.6 is 0 Å². The molecule has 0 saturated carbocycles. The molecule has 7 nitrogen and oxygen atoms in total.